The van der Waals surface area contributed by atoms with E-state index in [1.165, 1.54) is 178 Å². The number of rotatable bonds is 29. The molecule has 0 saturated heterocycles. The van der Waals surface area contributed by atoms with Crippen LogP contribution in [0.15, 0.2) is 24.3 Å². The smallest absolute Gasteiger partial charge is 0.00977 e. The highest BCUT2D eigenvalue weighted by Gasteiger charge is 2.28. The maximum absolute atomic E-state index is 4.53. The summed E-state index contributed by atoms with van der Waals surface area (Å²) < 4.78 is 0. The Morgan fingerprint density at radius 3 is 1.42 bits per heavy atom. The molecule has 0 bridgehead atoms. The van der Waals surface area contributed by atoms with Gasteiger partial charge in [0.05, 0.1) is 0 Å². The second-order valence-corrected chi connectivity index (χ2v) is 16.8. The summed E-state index contributed by atoms with van der Waals surface area (Å²) in [5, 5.41) is 0. The number of allylic oxidation sites excluding steroid dienone is 2. The van der Waals surface area contributed by atoms with Gasteiger partial charge in [0.15, 0.2) is 0 Å². The highest BCUT2D eigenvalue weighted by molar-refractivity contribution is 7.80. The van der Waals surface area contributed by atoms with Gasteiger partial charge in [0.2, 0.25) is 0 Å². The van der Waals surface area contributed by atoms with E-state index in [4.69, 9.17) is 0 Å². The quantitative estimate of drug-likeness (QED) is 0.0444. The molecule has 0 radical (unpaired) electrons. The van der Waals surface area contributed by atoms with Crippen molar-refractivity contribution in [3.05, 3.63) is 24.3 Å². The van der Waals surface area contributed by atoms with Crippen LogP contribution in [-0.4, -0.2) is 5.75 Å². The summed E-state index contributed by atoms with van der Waals surface area (Å²) in [5.74, 6) is 5.98. The first-order valence-electron chi connectivity index (χ1n) is 23.1. The Labute approximate surface area is 326 Å². The van der Waals surface area contributed by atoms with Crippen LogP contribution >= 0.6 is 12.6 Å². The molecule has 0 aromatic rings. The van der Waals surface area contributed by atoms with Crippen LogP contribution in [-0.2, 0) is 0 Å². The van der Waals surface area contributed by atoms with Gasteiger partial charge in [0, 0.05) is 0 Å². The zero-order valence-corrected chi connectivity index (χ0v) is 38.0. The van der Waals surface area contributed by atoms with Gasteiger partial charge in [0.1, 0.15) is 0 Å². The van der Waals surface area contributed by atoms with Crippen molar-refractivity contribution in [3.63, 3.8) is 0 Å². The summed E-state index contributed by atoms with van der Waals surface area (Å²) in [6.07, 6.45) is 37.8. The summed E-state index contributed by atoms with van der Waals surface area (Å²) in [4.78, 5) is 0. The molecule has 0 amide bonds. The molecular weight excluding hydrogens is 621 g/mol. The fourth-order valence-corrected chi connectivity index (χ4v) is 7.86. The molecule has 0 aromatic carbocycles. The maximum Gasteiger partial charge on any atom is -0.00977 e. The van der Waals surface area contributed by atoms with Crippen molar-refractivity contribution >= 4 is 12.6 Å². The molecule has 302 valence electrons. The molecule has 0 nitrogen and oxygen atoms in total. The fourth-order valence-electron chi connectivity index (χ4n) is 7.67. The lowest BCUT2D eigenvalue weighted by Crippen LogP contribution is -2.25. The zero-order valence-electron chi connectivity index (χ0n) is 37.1. The first kappa shape index (κ1) is 54.2. The predicted octanol–water partition coefficient (Wildman–Crippen LogP) is 18.5. The van der Waals surface area contributed by atoms with Gasteiger partial charge in [-0.05, 0) is 91.8 Å². The fraction of sp³-hybridized carbons (Fsp3) is 0.918. The van der Waals surface area contributed by atoms with Gasteiger partial charge in [-0.1, -0.05) is 223 Å². The molecule has 1 fully saturated rings. The molecule has 3 atom stereocenters. The third kappa shape index (κ3) is 33.7. The lowest BCUT2D eigenvalue weighted by atomic mass is 9.70. The molecule has 1 saturated carbocycles. The lowest BCUT2D eigenvalue weighted by molar-refractivity contribution is 0.164. The van der Waals surface area contributed by atoms with E-state index in [-0.39, 0.29) is 0 Å². The van der Waals surface area contributed by atoms with Gasteiger partial charge in [-0.25, -0.2) is 0 Å². The minimum Gasteiger partial charge on any atom is -0.179 e. The van der Waals surface area contributed by atoms with Crippen LogP contribution in [0, 0.1) is 35.5 Å². The van der Waals surface area contributed by atoms with Gasteiger partial charge in [-0.3, -0.25) is 0 Å². The van der Waals surface area contributed by atoms with E-state index in [1.54, 1.807) is 0 Å². The summed E-state index contributed by atoms with van der Waals surface area (Å²) in [6, 6.07) is 0. The Kier molecular flexibility index (Phi) is 45.1. The van der Waals surface area contributed by atoms with Gasteiger partial charge in [-0.2, -0.15) is 12.6 Å². The Bertz CT molecular complexity index is 669. The topological polar surface area (TPSA) is 0 Å². The highest BCUT2D eigenvalue weighted by atomic mass is 32.1. The normalized spacial score (nSPS) is 17.3. The van der Waals surface area contributed by atoms with E-state index < -0.39 is 0 Å². The average molecular weight is 721 g/mol. The minimum absolute atomic E-state index is 0.607. The molecule has 50 heavy (non-hydrogen) atoms. The minimum atomic E-state index is 0.607. The van der Waals surface area contributed by atoms with Crippen molar-refractivity contribution < 1.29 is 0 Å². The molecule has 1 aliphatic rings. The van der Waals surface area contributed by atoms with Crippen molar-refractivity contribution in [2.75, 3.05) is 5.75 Å². The summed E-state index contributed by atoms with van der Waals surface area (Å²) in [5.41, 5.74) is 2.68. The summed E-state index contributed by atoms with van der Waals surface area (Å²) in [6.45, 7) is 33.7. The molecule has 1 aliphatic carbocycles. The average Bonchev–Trinajstić information content (AvgIpc) is 3.13. The van der Waals surface area contributed by atoms with E-state index in [9.17, 15) is 0 Å². The van der Waals surface area contributed by atoms with Crippen molar-refractivity contribution in [1.29, 1.82) is 0 Å². The van der Waals surface area contributed by atoms with Crippen LogP contribution in [0.3, 0.4) is 0 Å². The van der Waals surface area contributed by atoms with Crippen LogP contribution in [0.2, 0.25) is 0 Å². The molecule has 1 rings (SSSR count). The van der Waals surface area contributed by atoms with E-state index in [0.29, 0.717) is 5.92 Å². The Hall–Kier alpha value is -0.170. The number of hydrogen-bond acceptors (Lipinski definition) is 1. The molecule has 1 heteroatoms. The first-order valence-corrected chi connectivity index (χ1v) is 23.8. The standard InChI is InChI=1S/C27H50S.C18H38.2C2H6/c1-7-8-9-10-11-13-22(3)24(5)27(14-12-19-28)20-23(4)25(6)26-17-15-21(2)16-18-26;1-4-5-6-7-8-9-10-11-12-13-14-15-16-17-18(2)3;2*1-2/h21,23,25-28H,3,5,7-20H2,1-2,4,6H3;18H,4-17H2,1-3H3;2*1-2H3. The molecule has 0 N–H and O–H groups in total. The first-order chi connectivity index (χ1) is 24.2. The van der Waals surface area contributed by atoms with Gasteiger partial charge < -0.3 is 0 Å². The van der Waals surface area contributed by atoms with Crippen LogP contribution < -0.4 is 0 Å². The Balaban J connectivity index is -0.000000867. The number of unbranched alkanes of at least 4 members (excludes halogenated alkanes) is 16. The largest absolute Gasteiger partial charge is 0.179 e. The van der Waals surface area contributed by atoms with E-state index >= 15 is 0 Å². The molecule has 0 aliphatic heterocycles. The van der Waals surface area contributed by atoms with Gasteiger partial charge >= 0.3 is 0 Å². The second kappa shape index (κ2) is 41.6. The lowest BCUT2D eigenvalue weighted by Gasteiger charge is -2.36. The maximum atomic E-state index is 4.53. The van der Waals surface area contributed by atoms with Crippen molar-refractivity contribution in [2.45, 2.75) is 250 Å². The monoisotopic (exact) mass is 721 g/mol. The SMILES string of the molecule is C=C(CCCCCCC)C(=C)C(CCCS)CC(C)C(C)C1CCC(C)CC1.CC.CC.CCCCCCCCCCCCCCCC(C)C. The zero-order chi connectivity index (χ0) is 38.4. The Morgan fingerprint density at radius 1 is 0.580 bits per heavy atom. The summed E-state index contributed by atoms with van der Waals surface area (Å²) >= 11 is 4.47. The van der Waals surface area contributed by atoms with Crippen LogP contribution in [0.4, 0.5) is 0 Å². The van der Waals surface area contributed by atoms with Crippen LogP contribution in [0.1, 0.15) is 250 Å². The third-order valence-electron chi connectivity index (χ3n) is 11.5. The van der Waals surface area contributed by atoms with E-state index in [0.717, 1.165) is 41.8 Å². The van der Waals surface area contributed by atoms with Crippen LogP contribution in [0.25, 0.3) is 0 Å². The molecule has 0 aromatic heterocycles. The highest BCUT2D eigenvalue weighted by Crippen LogP contribution is 2.40. The van der Waals surface area contributed by atoms with Gasteiger partial charge in [-0.15, -0.1) is 0 Å². The van der Waals surface area contributed by atoms with Crippen LogP contribution in [0.5, 0.6) is 0 Å². The molecule has 3 unspecified atom stereocenters. The second-order valence-electron chi connectivity index (χ2n) is 16.4. The Morgan fingerprint density at radius 2 is 1.00 bits per heavy atom. The van der Waals surface area contributed by atoms with Crippen molar-refractivity contribution in [3.8, 4) is 0 Å². The molecular formula is C49H100S. The van der Waals surface area contributed by atoms with Crippen molar-refractivity contribution in [2.24, 2.45) is 35.5 Å². The van der Waals surface area contributed by atoms with E-state index in [2.05, 4.69) is 74.3 Å². The number of hydrogen-bond donors (Lipinski definition) is 1. The third-order valence-corrected chi connectivity index (χ3v) is 11.8. The predicted molar refractivity (Wildman–Crippen MR) is 240 cm³/mol. The van der Waals surface area contributed by atoms with E-state index in [1.807, 2.05) is 27.7 Å². The van der Waals surface area contributed by atoms with Gasteiger partial charge in [0.25, 0.3) is 0 Å². The number of thiol groups is 1. The van der Waals surface area contributed by atoms with Crippen molar-refractivity contribution in [1.82, 2.24) is 0 Å². The summed E-state index contributed by atoms with van der Waals surface area (Å²) in [7, 11) is 0. The molecule has 0 heterocycles. The molecule has 0 spiro atoms.